The van der Waals surface area contributed by atoms with Crippen LogP contribution in [0.2, 0.25) is 0 Å². The van der Waals surface area contributed by atoms with E-state index in [-0.39, 0.29) is 11.4 Å². The van der Waals surface area contributed by atoms with E-state index in [0.717, 1.165) is 37.0 Å². The van der Waals surface area contributed by atoms with E-state index in [9.17, 15) is 10.1 Å². The minimum atomic E-state index is -0.463. The van der Waals surface area contributed by atoms with Crippen LogP contribution in [-0.2, 0) is 6.42 Å². The Morgan fingerprint density at radius 2 is 1.64 bits per heavy atom. The molecule has 6 nitrogen and oxygen atoms in total. The molecule has 2 aromatic rings. The summed E-state index contributed by atoms with van der Waals surface area (Å²) in [5.74, 6) is 1.99. The smallest absolute Gasteiger partial charge is 0.311 e. The van der Waals surface area contributed by atoms with Gasteiger partial charge in [-0.1, -0.05) is 19.8 Å². The third-order valence-corrected chi connectivity index (χ3v) is 3.90. The maximum Gasteiger partial charge on any atom is 0.311 e. The second kappa shape index (κ2) is 8.92. The van der Waals surface area contributed by atoms with E-state index in [2.05, 4.69) is 6.92 Å². The fraction of sp³-hybridized carbons (Fsp3) is 0.368. The van der Waals surface area contributed by atoms with Crippen molar-refractivity contribution in [2.45, 2.75) is 32.6 Å². The number of nitro groups is 1. The zero-order valence-electron chi connectivity index (χ0n) is 14.8. The van der Waals surface area contributed by atoms with Gasteiger partial charge in [-0.05, 0) is 42.7 Å². The molecule has 0 unspecified atom stereocenters. The molecule has 0 heterocycles. The molecule has 25 heavy (non-hydrogen) atoms. The summed E-state index contributed by atoms with van der Waals surface area (Å²) in [5.41, 5.74) is 0.862. The first-order valence-electron chi connectivity index (χ1n) is 8.26. The van der Waals surface area contributed by atoms with Crippen molar-refractivity contribution in [1.29, 1.82) is 0 Å². The highest BCUT2D eigenvalue weighted by molar-refractivity contribution is 5.53. The van der Waals surface area contributed by atoms with E-state index < -0.39 is 4.92 Å². The molecule has 0 fully saturated rings. The van der Waals surface area contributed by atoms with Crippen LogP contribution in [0.25, 0.3) is 0 Å². The molecule has 0 aliphatic heterocycles. The normalized spacial score (nSPS) is 10.4. The molecular formula is C19H23NO5. The Bertz CT molecular complexity index is 730. The highest BCUT2D eigenvalue weighted by Crippen LogP contribution is 2.37. The van der Waals surface area contributed by atoms with Crippen LogP contribution >= 0.6 is 0 Å². The van der Waals surface area contributed by atoms with Crippen LogP contribution in [0.15, 0.2) is 36.4 Å². The Morgan fingerprint density at radius 1 is 0.960 bits per heavy atom. The lowest BCUT2D eigenvalue weighted by molar-refractivity contribution is -0.385. The average molecular weight is 345 g/mol. The summed E-state index contributed by atoms with van der Waals surface area (Å²) in [7, 11) is 3.12. The molecule has 0 aliphatic rings. The largest absolute Gasteiger partial charge is 0.497 e. The molecule has 0 spiro atoms. The van der Waals surface area contributed by atoms with Crippen molar-refractivity contribution in [3.05, 3.63) is 52.1 Å². The lowest BCUT2D eigenvalue weighted by Gasteiger charge is -2.13. The van der Waals surface area contributed by atoms with Crippen molar-refractivity contribution in [1.82, 2.24) is 0 Å². The molecule has 0 radical (unpaired) electrons. The maximum atomic E-state index is 11.3. The van der Waals surface area contributed by atoms with Gasteiger partial charge < -0.3 is 14.2 Å². The Balaban J connectivity index is 2.36. The summed E-state index contributed by atoms with van der Waals surface area (Å²) >= 11 is 0. The Kier molecular flexibility index (Phi) is 6.62. The van der Waals surface area contributed by atoms with E-state index >= 15 is 0 Å². The topological polar surface area (TPSA) is 70.8 Å². The number of aryl methyl sites for hydroxylation is 1. The van der Waals surface area contributed by atoms with Crippen LogP contribution in [-0.4, -0.2) is 19.1 Å². The quantitative estimate of drug-likeness (QED) is 0.357. The van der Waals surface area contributed by atoms with Crippen molar-refractivity contribution in [2.24, 2.45) is 0 Å². The molecule has 134 valence electrons. The van der Waals surface area contributed by atoms with Gasteiger partial charge >= 0.3 is 5.69 Å². The number of methoxy groups -OCH3 is 2. The number of ether oxygens (including phenoxy) is 3. The number of hydrogen-bond donors (Lipinski definition) is 0. The van der Waals surface area contributed by atoms with Crippen LogP contribution in [0.5, 0.6) is 23.0 Å². The monoisotopic (exact) mass is 345 g/mol. The zero-order chi connectivity index (χ0) is 18.2. The van der Waals surface area contributed by atoms with Gasteiger partial charge in [0.05, 0.1) is 19.1 Å². The summed E-state index contributed by atoms with van der Waals surface area (Å²) in [6.45, 7) is 2.14. The highest BCUT2D eigenvalue weighted by Gasteiger charge is 2.18. The first-order valence-corrected chi connectivity index (χ1v) is 8.26. The Hall–Kier alpha value is -2.76. The minimum absolute atomic E-state index is 0.101. The molecule has 0 saturated carbocycles. The summed E-state index contributed by atoms with van der Waals surface area (Å²) in [6, 6.07) is 9.93. The van der Waals surface area contributed by atoms with Gasteiger partial charge in [-0.2, -0.15) is 0 Å². The predicted octanol–water partition coefficient (Wildman–Crippen LogP) is 5.14. The summed E-state index contributed by atoms with van der Waals surface area (Å²) in [5, 5.41) is 11.3. The molecule has 0 saturated heterocycles. The lowest BCUT2D eigenvalue weighted by atomic mass is 10.1. The number of hydrogen-bond acceptors (Lipinski definition) is 5. The number of rotatable bonds is 9. The second-order valence-corrected chi connectivity index (χ2v) is 5.62. The minimum Gasteiger partial charge on any atom is -0.497 e. The molecule has 0 N–H and O–H groups in total. The fourth-order valence-electron chi connectivity index (χ4n) is 2.52. The van der Waals surface area contributed by atoms with E-state index in [4.69, 9.17) is 14.2 Å². The van der Waals surface area contributed by atoms with Gasteiger partial charge in [0, 0.05) is 12.1 Å². The predicted molar refractivity (Wildman–Crippen MR) is 95.9 cm³/mol. The molecule has 2 rings (SSSR count). The Labute approximate surface area is 147 Å². The van der Waals surface area contributed by atoms with Crippen LogP contribution in [0, 0.1) is 10.1 Å². The number of unbranched alkanes of at least 4 members (excludes halogenated alkanes) is 2. The summed E-state index contributed by atoms with van der Waals surface area (Å²) < 4.78 is 16.3. The van der Waals surface area contributed by atoms with E-state index in [0.29, 0.717) is 11.5 Å². The van der Waals surface area contributed by atoms with Gasteiger partial charge in [-0.3, -0.25) is 10.1 Å². The molecule has 0 amide bonds. The van der Waals surface area contributed by atoms with E-state index in [1.54, 1.807) is 25.3 Å². The van der Waals surface area contributed by atoms with Crippen LogP contribution in [0.1, 0.15) is 31.7 Å². The van der Waals surface area contributed by atoms with Gasteiger partial charge in [-0.25, -0.2) is 0 Å². The van der Waals surface area contributed by atoms with Gasteiger partial charge in [0.2, 0.25) is 5.75 Å². The molecule has 0 atom stereocenters. The first-order chi connectivity index (χ1) is 12.1. The van der Waals surface area contributed by atoms with E-state index in [1.807, 2.05) is 6.07 Å². The summed E-state index contributed by atoms with van der Waals surface area (Å²) in [4.78, 5) is 10.8. The van der Waals surface area contributed by atoms with Gasteiger partial charge in [0.15, 0.2) is 0 Å². The second-order valence-electron chi connectivity index (χ2n) is 5.62. The molecule has 0 aromatic heterocycles. The summed E-state index contributed by atoms with van der Waals surface area (Å²) in [6.07, 6.45) is 4.05. The highest BCUT2D eigenvalue weighted by atomic mass is 16.6. The molecule has 2 aromatic carbocycles. The lowest BCUT2D eigenvalue weighted by Crippen LogP contribution is -1.98. The first kappa shape index (κ1) is 18.6. The van der Waals surface area contributed by atoms with E-state index in [1.165, 1.54) is 19.2 Å². The maximum absolute atomic E-state index is 11.3. The fourth-order valence-corrected chi connectivity index (χ4v) is 2.52. The molecule has 0 bridgehead atoms. The third-order valence-electron chi connectivity index (χ3n) is 3.90. The van der Waals surface area contributed by atoms with Crippen molar-refractivity contribution in [3.8, 4) is 23.0 Å². The van der Waals surface area contributed by atoms with Crippen LogP contribution < -0.4 is 14.2 Å². The van der Waals surface area contributed by atoms with Crippen molar-refractivity contribution >= 4 is 5.69 Å². The van der Waals surface area contributed by atoms with Gasteiger partial charge in [0.25, 0.3) is 0 Å². The number of benzene rings is 2. The zero-order valence-corrected chi connectivity index (χ0v) is 14.8. The van der Waals surface area contributed by atoms with Crippen LogP contribution in [0.4, 0.5) is 5.69 Å². The average Bonchev–Trinajstić information content (AvgIpc) is 2.62. The van der Waals surface area contributed by atoms with Gasteiger partial charge in [0.1, 0.15) is 17.2 Å². The van der Waals surface area contributed by atoms with Crippen molar-refractivity contribution in [3.63, 3.8) is 0 Å². The SMILES string of the molecule is CCCCCc1cc(OC)ccc1Oc1cc(OC)ccc1[N+](=O)[O-]. The Morgan fingerprint density at radius 3 is 2.28 bits per heavy atom. The molecule has 0 aliphatic carbocycles. The van der Waals surface area contributed by atoms with Gasteiger partial charge in [-0.15, -0.1) is 0 Å². The third kappa shape index (κ3) is 4.86. The molecule has 6 heteroatoms. The number of nitro benzene ring substituents is 1. The number of nitrogens with zero attached hydrogens (tertiary/aromatic N) is 1. The molecular weight excluding hydrogens is 322 g/mol. The van der Waals surface area contributed by atoms with Crippen LogP contribution in [0.3, 0.4) is 0 Å². The standard InChI is InChI=1S/C19H23NO5/c1-4-5-6-7-14-12-15(23-2)9-11-18(14)25-19-13-16(24-3)8-10-17(19)20(21)22/h8-13H,4-7H2,1-3H3. The van der Waals surface area contributed by atoms with Crippen molar-refractivity contribution in [2.75, 3.05) is 14.2 Å². The van der Waals surface area contributed by atoms with Crippen molar-refractivity contribution < 1.29 is 19.1 Å².